The van der Waals surface area contributed by atoms with Crippen molar-refractivity contribution >= 4 is 0 Å². The van der Waals surface area contributed by atoms with E-state index in [0.29, 0.717) is 17.6 Å². The van der Waals surface area contributed by atoms with Gasteiger partial charge >= 0.3 is 0 Å². The predicted octanol–water partition coefficient (Wildman–Crippen LogP) is 2.33. The van der Waals surface area contributed by atoms with Crippen molar-refractivity contribution in [1.29, 1.82) is 0 Å². The van der Waals surface area contributed by atoms with Gasteiger partial charge in [0.25, 0.3) is 0 Å². The molecular formula is C12H23NO. The summed E-state index contributed by atoms with van der Waals surface area (Å²) in [5.74, 6) is 0. The molecule has 1 saturated carbocycles. The van der Waals surface area contributed by atoms with Gasteiger partial charge in [0, 0.05) is 19.2 Å². The first-order valence-electron chi connectivity index (χ1n) is 6.05. The van der Waals surface area contributed by atoms with E-state index in [1.54, 1.807) is 0 Å². The Bertz CT molecular complexity index is 187. The van der Waals surface area contributed by atoms with Gasteiger partial charge < -0.3 is 10.1 Å². The lowest BCUT2D eigenvalue weighted by atomic mass is 9.88. The van der Waals surface area contributed by atoms with Crippen LogP contribution in [0.2, 0.25) is 0 Å². The fraction of sp³-hybridized carbons (Fsp3) is 1.00. The second-order valence-electron chi connectivity index (χ2n) is 5.37. The van der Waals surface area contributed by atoms with Crippen LogP contribution in [0.1, 0.15) is 46.0 Å². The molecule has 2 heteroatoms. The molecule has 2 aliphatic rings. The number of nitrogens with one attached hydrogen (secondary N) is 1. The van der Waals surface area contributed by atoms with E-state index >= 15 is 0 Å². The topological polar surface area (TPSA) is 21.3 Å². The van der Waals surface area contributed by atoms with Crippen molar-refractivity contribution in [2.24, 2.45) is 5.41 Å². The van der Waals surface area contributed by atoms with Gasteiger partial charge in [-0.2, -0.15) is 0 Å². The largest absolute Gasteiger partial charge is 0.377 e. The van der Waals surface area contributed by atoms with E-state index in [1.807, 2.05) is 0 Å². The maximum atomic E-state index is 5.55. The van der Waals surface area contributed by atoms with Crippen LogP contribution in [0, 0.1) is 5.41 Å². The highest BCUT2D eigenvalue weighted by molar-refractivity contribution is 4.86. The third-order valence-corrected chi connectivity index (χ3v) is 3.98. The van der Waals surface area contributed by atoms with Crippen molar-refractivity contribution in [1.82, 2.24) is 5.32 Å². The average molecular weight is 197 g/mol. The highest BCUT2D eigenvalue weighted by atomic mass is 16.5. The molecule has 0 aromatic carbocycles. The maximum Gasteiger partial charge on any atom is 0.0700 e. The zero-order valence-electron chi connectivity index (χ0n) is 9.51. The summed E-state index contributed by atoms with van der Waals surface area (Å²) in [4.78, 5) is 0. The molecule has 0 bridgehead atoms. The fourth-order valence-corrected chi connectivity index (χ4v) is 2.78. The van der Waals surface area contributed by atoms with Crippen molar-refractivity contribution in [2.75, 3.05) is 13.2 Å². The number of hydrogen-bond donors (Lipinski definition) is 1. The molecule has 2 fully saturated rings. The number of ether oxygens (including phenoxy) is 1. The second-order valence-corrected chi connectivity index (χ2v) is 5.37. The summed E-state index contributed by atoms with van der Waals surface area (Å²) in [6.07, 6.45) is 7.27. The molecule has 1 heterocycles. The molecule has 1 N–H and O–H groups in total. The molecule has 2 rings (SSSR count). The van der Waals surface area contributed by atoms with Gasteiger partial charge in [0.15, 0.2) is 0 Å². The summed E-state index contributed by atoms with van der Waals surface area (Å²) in [5, 5.41) is 3.69. The molecule has 1 saturated heterocycles. The predicted molar refractivity (Wildman–Crippen MR) is 58.4 cm³/mol. The van der Waals surface area contributed by atoms with Crippen LogP contribution < -0.4 is 5.32 Å². The van der Waals surface area contributed by atoms with Gasteiger partial charge in [-0.1, -0.05) is 19.8 Å². The van der Waals surface area contributed by atoms with E-state index in [4.69, 9.17) is 4.74 Å². The first-order chi connectivity index (χ1) is 6.70. The maximum absolute atomic E-state index is 5.55. The monoisotopic (exact) mass is 197 g/mol. The second kappa shape index (κ2) is 4.19. The van der Waals surface area contributed by atoms with E-state index in [2.05, 4.69) is 19.2 Å². The van der Waals surface area contributed by atoms with E-state index in [9.17, 15) is 0 Å². The summed E-state index contributed by atoms with van der Waals surface area (Å²) < 4.78 is 5.55. The Kier molecular flexibility index (Phi) is 3.13. The number of rotatable bonds is 3. The summed E-state index contributed by atoms with van der Waals surface area (Å²) >= 11 is 0. The molecule has 0 aromatic heterocycles. The Morgan fingerprint density at radius 3 is 2.64 bits per heavy atom. The molecule has 2 nitrogen and oxygen atoms in total. The average Bonchev–Trinajstić information content (AvgIpc) is 2.73. The molecule has 1 aliphatic carbocycles. The van der Waals surface area contributed by atoms with Crippen LogP contribution in [-0.2, 0) is 4.74 Å². The minimum atomic E-state index is 0.417. The summed E-state index contributed by atoms with van der Waals surface area (Å²) in [5.41, 5.74) is 0.572. The Labute approximate surface area is 87.4 Å². The third-order valence-electron chi connectivity index (χ3n) is 3.98. The lowest BCUT2D eigenvalue weighted by Gasteiger charge is -2.27. The molecule has 82 valence electrons. The van der Waals surface area contributed by atoms with Gasteiger partial charge in [0.2, 0.25) is 0 Å². The van der Waals surface area contributed by atoms with Crippen LogP contribution >= 0.6 is 0 Å². The number of hydrogen-bond acceptors (Lipinski definition) is 2. The molecule has 0 amide bonds. The molecule has 0 radical (unpaired) electrons. The highest BCUT2D eigenvalue weighted by Crippen LogP contribution is 2.37. The van der Waals surface area contributed by atoms with Crippen molar-refractivity contribution in [3.63, 3.8) is 0 Å². The van der Waals surface area contributed by atoms with Crippen molar-refractivity contribution < 1.29 is 4.74 Å². The smallest absolute Gasteiger partial charge is 0.0700 e. The minimum absolute atomic E-state index is 0.417. The summed E-state index contributed by atoms with van der Waals surface area (Å²) in [6, 6.07) is 0.604. The molecule has 2 atom stereocenters. The highest BCUT2D eigenvalue weighted by Gasteiger charge is 2.31. The SMILES string of the molecule is CC1OCCC1NCC1(C)CCCC1. The van der Waals surface area contributed by atoms with E-state index in [0.717, 1.165) is 6.61 Å². The van der Waals surface area contributed by atoms with Gasteiger partial charge in [-0.3, -0.25) is 0 Å². The first-order valence-corrected chi connectivity index (χ1v) is 6.05. The van der Waals surface area contributed by atoms with E-state index < -0.39 is 0 Å². The van der Waals surface area contributed by atoms with Crippen LogP contribution in [0.4, 0.5) is 0 Å². The minimum Gasteiger partial charge on any atom is -0.377 e. The quantitative estimate of drug-likeness (QED) is 0.750. The van der Waals surface area contributed by atoms with E-state index in [-0.39, 0.29) is 0 Å². The van der Waals surface area contributed by atoms with Gasteiger partial charge in [0.05, 0.1) is 6.10 Å². The van der Waals surface area contributed by atoms with Crippen LogP contribution in [0.3, 0.4) is 0 Å². The third kappa shape index (κ3) is 2.29. The molecule has 2 unspecified atom stereocenters. The molecular weight excluding hydrogens is 174 g/mol. The van der Waals surface area contributed by atoms with Crippen LogP contribution in [0.15, 0.2) is 0 Å². The lowest BCUT2D eigenvalue weighted by molar-refractivity contribution is 0.110. The fourth-order valence-electron chi connectivity index (χ4n) is 2.78. The molecule has 0 spiro atoms. The standard InChI is InChI=1S/C12H23NO/c1-10-11(5-8-14-10)13-9-12(2)6-3-4-7-12/h10-11,13H,3-9H2,1-2H3. The molecule has 0 aromatic rings. The Balaban J connectivity index is 1.75. The van der Waals surface area contributed by atoms with Gasteiger partial charge in [-0.05, 0) is 31.6 Å². The van der Waals surface area contributed by atoms with E-state index in [1.165, 1.54) is 38.6 Å². The van der Waals surface area contributed by atoms with Crippen molar-refractivity contribution in [3.05, 3.63) is 0 Å². The zero-order valence-corrected chi connectivity index (χ0v) is 9.51. The molecule has 14 heavy (non-hydrogen) atoms. The normalized spacial score (nSPS) is 36.4. The van der Waals surface area contributed by atoms with Crippen molar-refractivity contribution in [2.45, 2.75) is 58.1 Å². The first kappa shape index (κ1) is 10.4. The van der Waals surface area contributed by atoms with Crippen LogP contribution in [0.25, 0.3) is 0 Å². The molecule has 1 aliphatic heterocycles. The summed E-state index contributed by atoms with van der Waals surface area (Å²) in [7, 11) is 0. The van der Waals surface area contributed by atoms with Gasteiger partial charge in [-0.25, -0.2) is 0 Å². The van der Waals surface area contributed by atoms with Crippen LogP contribution in [-0.4, -0.2) is 25.3 Å². The van der Waals surface area contributed by atoms with Crippen molar-refractivity contribution in [3.8, 4) is 0 Å². The van der Waals surface area contributed by atoms with Gasteiger partial charge in [0.1, 0.15) is 0 Å². The zero-order chi connectivity index (χ0) is 10.0. The summed E-state index contributed by atoms with van der Waals surface area (Å²) in [6.45, 7) is 6.73. The van der Waals surface area contributed by atoms with Crippen LogP contribution in [0.5, 0.6) is 0 Å². The lowest BCUT2D eigenvalue weighted by Crippen LogP contribution is -2.40. The Morgan fingerprint density at radius 2 is 2.07 bits per heavy atom. The Hall–Kier alpha value is -0.0800. The van der Waals surface area contributed by atoms with Gasteiger partial charge in [-0.15, -0.1) is 0 Å². The Morgan fingerprint density at radius 1 is 1.36 bits per heavy atom.